The van der Waals surface area contributed by atoms with Gasteiger partial charge in [-0.15, -0.1) is 0 Å². The number of hydrogen-bond donors (Lipinski definition) is 2. The van der Waals surface area contributed by atoms with Crippen LogP contribution in [0, 0.1) is 6.92 Å². The van der Waals surface area contributed by atoms with Crippen molar-refractivity contribution in [3.63, 3.8) is 0 Å². The Bertz CT molecular complexity index is 618. The van der Waals surface area contributed by atoms with Gasteiger partial charge in [-0.25, -0.2) is 0 Å². The molecule has 1 aromatic carbocycles. The molecule has 0 saturated carbocycles. The van der Waals surface area contributed by atoms with Crippen LogP contribution in [-0.2, 0) is 0 Å². The van der Waals surface area contributed by atoms with E-state index in [0.717, 1.165) is 41.5 Å². The molecule has 2 heterocycles. The number of amides is 1. The third-order valence-electron chi connectivity index (χ3n) is 3.96. The second-order valence-corrected chi connectivity index (χ2v) is 5.15. The predicted octanol–water partition coefficient (Wildman–Crippen LogP) is 2.07. The molecule has 19 heavy (non-hydrogen) atoms. The van der Waals surface area contributed by atoms with Gasteiger partial charge in [-0.3, -0.25) is 4.79 Å². The van der Waals surface area contributed by atoms with Crippen LogP contribution in [0.2, 0.25) is 0 Å². The summed E-state index contributed by atoms with van der Waals surface area (Å²) in [6.45, 7) is 2.72. The molecule has 1 aliphatic rings. The van der Waals surface area contributed by atoms with E-state index in [1.54, 1.807) is 0 Å². The van der Waals surface area contributed by atoms with Gasteiger partial charge in [-0.1, -0.05) is 18.2 Å². The van der Waals surface area contributed by atoms with Gasteiger partial charge in [0.25, 0.3) is 5.91 Å². The number of aromatic nitrogens is 1. The number of aliphatic hydroxyl groups excluding tert-OH is 1. The number of aryl methyl sites for hydroxylation is 1. The van der Waals surface area contributed by atoms with E-state index < -0.39 is 0 Å². The number of aromatic amines is 1. The molecule has 3 rings (SSSR count). The maximum absolute atomic E-state index is 12.7. The first kappa shape index (κ1) is 12.2. The molecule has 0 spiro atoms. The first-order valence-electron chi connectivity index (χ1n) is 6.71. The molecule has 4 nitrogen and oxygen atoms in total. The van der Waals surface area contributed by atoms with E-state index in [9.17, 15) is 9.90 Å². The van der Waals surface area contributed by atoms with Gasteiger partial charge < -0.3 is 15.0 Å². The Morgan fingerprint density at radius 1 is 1.47 bits per heavy atom. The molecule has 4 heteroatoms. The average Bonchev–Trinajstić information content (AvgIpc) is 3.00. The van der Waals surface area contributed by atoms with Crippen molar-refractivity contribution >= 4 is 16.8 Å². The number of benzene rings is 1. The molecule has 100 valence electrons. The van der Waals surface area contributed by atoms with Crippen molar-refractivity contribution in [3.05, 3.63) is 35.5 Å². The lowest BCUT2D eigenvalue weighted by molar-refractivity contribution is 0.0679. The second-order valence-electron chi connectivity index (χ2n) is 5.15. The molecule has 0 aliphatic carbocycles. The summed E-state index contributed by atoms with van der Waals surface area (Å²) < 4.78 is 0. The van der Waals surface area contributed by atoms with Crippen molar-refractivity contribution in [1.82, 2.24) is 9.88 Å². The highest BCUT2D eigenvalue weighted by Gasteiger charge is 2.30. The van der Waals surface area contributed by atoms with Crippen LogP contribution in [0.4, 0.5) is 0 Å². The van der Waals surface area contributed by atoms with Crippen molar-refractivity contribution in [2.45, 2.75) is 25.8 Å². The molecule has 0 bridgehead atoms. The molecule has 1 fully saturated rings. The summed E-state index contributed by atoms with van der Waals surface area (Å²) in [4.78, 5) is 17.8. The van der Waals surface area contributed by atoms with E-state index in [1.165, 1.54) is 0 Å². The lowest BCUT2D eigenvalue weighted by Crippen LogP contribution is -2.37. The van der Waals surface area contributed by atoms with Gasteiger partial charge in [0.2, 0.25) is 0 Å². The lowest BCUT2D eigenvalue weighted by Gasteiger charge is -2.23. The molecule has 1 aliphatic heterocycles. The van der Waals surface area contributed by atoms with Crippen LogP contribution < -0.4 is 0 Å². The third kappa shape index (κ3) is 1.92. The smallest absolute Gasteiger partial charge is 0.256 e. The van der Waals surface area contributed by atoms with E-state index in [0.29, 0.717) is 0 Å². The van der Waals surface area contributed by atoms with Crippen LogP contribution in [0.25, 0.3) is 10.9 Å². The summed E-state index contributed by atoms with van der Waals surface area (Å²) in [5, 5.41) is 10.3. The second kappa shape index (κ2) is 4.70. The Kier molecular flexibility index (Phi) is 3.03. The van der Waals surface area contributed by atoms with Crippen molar-refractivity contribution in [3.8, 4) is 0 Å². The van der Waals surface area contributed by atoms with Gasteiger partial charge >= 0.3 is 0 Å². The first-order chi connectivity index (χ1) is 9.22. The maximum Gasteiger partial charge on any atom is 0.256 e. The fourth-order valence-corrected chi connectivity index (χ4v) is 2.99. The Morgan fingerprint density at radius 2 is 2.26 bits per heavy atom. The molecule has 1 amide bonds. The van der Waals surface area contributed by atoms with Gasteiger partial charge in [0, 0.05) is 23.1 Å². The highest BCUT2D eigenvalue weighted by atomic mass is 16.3. The molecule has 1 aromatic heterocycles. The monoisotopic (exact) mass is 258 g/mol. The van der Waals surface area contributed by atoms with E-state index in [2.05, 4.69) is 4.98 Å². The first-order valence-corrected chi connectivity index (χ1v) is 6.71. The Hall–Kier alpha value is -1.81. The number of aliphatic hydroxyl groups is 1. The van der Waals surface area contributed by atoms with E-state index >= 15 is 0 Å². The summed E-state index contributed by atoms with van der Waals surface area (Å²) in [5.74, 6) is 0.0338. The zero-order valence-electron chi connectivity index (χ0n) is 11.0. The SMILES string of the molecule is Cc1[nH]c2ccccc2c1C(=O)N1CCC[C@H]1CO. The van der Waals surface area contributed by atoms with Crippen LogP contribution in [0.3, 0.4) is 0 Å². The minimum absolute atomic E-state index is 0.0273. The minimum Gasteiger partial charge on any atom is -0.394 e. The Morgan fingerprint density at radius 3 is 3.05 bits per heavy atom. The fraction of sp³-hybridized carbons (Fsp3) is 0.400. The van der Waals surface area contributed by atoms with Crippen LogP contribution in [0.1, 0.15) is 28.9 Å². The fourth-order valence-electron chi connectivity index (χ4n) is 2.99. The molecule has 0 unspecified atom stereocenters. The van der Waals surface area contributed by atoms with Crippen LogP contribution in [0.15, 0.2) is 24.3 Å². The number of H-pyrrole nitrogens is 1. The van der Waals surface area contributed by atoms with Crippen molar-refractivity contribution < 1.29 is 9.90 Å². The number of hydrogen-bond acceptors (Lipinski definition) is 2. The van der Waals surface area contributed by atoms with Gasteiger partial charge in [0.1, 0.15) is 0 Å². The molecule has 0 radical (unpaired) electrons. The number of carbonyl (C=O) groups is 1. The average molecular weight is 258 g/mol. The highest BCUT2D eigenvalue weighted by molar-refractivity contribution is 6.08. The summed E-state index contributed by atoms with van der Waals surface area (Å²) in [6.07, 6.45) is 1.86. The normalized spacial score (nSPS) is 19.3. The number of likely N-dealkylation sites (tertiary alicyclic amines) is 1. The summed E-state index contributed by atoms with van der Waals surface area (Å²) in [5.41, 5.74) is 2.63. The van der Waals surface area contributed by atoms with Crippen LogP contribution in [0.5, 0.6) is 0 Å². The standard InChI is InChI=1S/C15H18N2O2/c1-10-14(12-6-2-3-7-13(12)16-10)15(19)17-8-4-5-11(17)9-18/h2-3,6-7,11,16,18H,4-5,8-9H2,1H3/t11-/m0/s1. The number of nitrogens with zero attached hydrogens (tertiary/aromatic N) is 1. The Labute approximate surface area is 112 Å². The van der Waals surface area contributed by atoms with Crippen molar-refractivity contribution in [2.24, 2.45) is 0 Å². The predicted molar refractivity (Wildman–Crippen MR) is 74.2 cm³/mol. The molecular weight excluding hydrogens is 240 g/mol. The molecule has 1 saturated heterocycles. The van der Waals surface area contributed by atoms with Crippen LogP contribution in [-0.4, -0.2) is 40.1 Å². The number of carbonyl (C=O) groups excluding carboxylic acids is 1. The van der Waals surface area contributed by atoms with Gasteiger partial charge in [0.15, 0.2) is 0 Å². The van der Waals surface area contributed by atoms with E-state index in [-0.39, 0.29) is 18.6 Å². The minimum atomic E-state index is -0.0273. The number of nitrogens with one attached hydrogen (secondary N) is 1. The van der Waals surface area contributed by atoms with Gasteiger partial charge in [-0.2, -0.15) is 0 Å². The third-order valence-corrected chi connectivity index (χ3v) is 3.96. The zero-order valence-corrected chi connectivity index (χ0v) is 11.0. The summed E-state index contributed by atoms with van der Waals surface area (Å²) in [6, 6.07) is 7.82. The molecular formula is C15H18N2O2. The highest BCUT2D eigenvalue weighted by Crippen LogP contribution is 2.26. The van der Waals surface area contributed by atoms with Gasteiger partial charge in [-0.05, 0) is 25.8 Å². The topological polar surface area (TPSA) is 56.3 Å². The van der Waals surface area contributed by atoms with Crippen molar-refractivity contribution in [2.75, 3.05) is 13.2 Å². The number of rotatable bonds is 2. The largest absolute Gasteiger partial charge is 0.394 e. The van der Waals surface area contributed by atoms with Gasteiger partial charge in [0.05, 0.1) is 18.2 Å². The lowest BCUT2D eigenvalue weighted by atomic mass is 10.1. The Balaban J connectivity index is 2.04. The molecule has 2 aromatic rings. The molecule has 2 N–H and O–H groups in total. The quantitative estimate of drug-likeness (QED) is 0.866. The van der Waals surface area contributed by atoms with E-state index in [4.69, 9.17) is 0 Å². The maximum atomic E-state index is 12.7. The summed E-state index contributed by atoms with van der Waals surface area (Å²) in [7, 11) is 0. The zero-order chi connectivity index (χ0) is 13.4. The van der Waals surface area contributed by atoms with E-state index in [1.807, 2.05) is 36.1 Å². The summed E-state index contributed by atoms with van der Waals surface area (Å²) >= 11 is 0. The van der Waals surface area contributed by atoms with Crippen molar-refractivity contribution in [1.29, 1.82) is 0 Å². The van der Waals surface area contributed by atoms with Crippen LogP contribution >= 0.6 is 0 Å². The number of para-hydroxylation sites is 1. The molecule has 1 atom stereocenters. The number of fused-ring (bicyclic) bond motifs is 1.